The van der Waals surface area contributed by atoms with Gasteiger partial charge < -0.3 is 5.32 Å². The lowest BCUT2D eigenvalue weighted by Crippen LogP contribution is -2.35. The van der Waals surface area contributed by atoms with Crippen molar-refractivity contribution in [3.05, 3.63) is 83.4 Å². The van der Waals surface area contributed by atoms with Gasteiger partial charge >= 0.3 is 0 Å². The fourth-order valence-electron chi connectivity index (χ4n) is 4.71. The number of ketones is 1. The summed E-state index contributed by atoms with van der Waals surface area (Å²) in [5, 5.41) is 6.55. The monoisotopic (exact) mass is 371 g/mol. The standard InChI is InChI=1S/C26H29NO/c1-18(25-12-6-8-22-7-3-4-11-26(22)25)27-24-10-5-9-23(17-24)21-15-13-20(14-16-21)19(2)28/h3-4,6-8,11-16,18,23-24,27H,5,9-10,17H2,1-2H3/t18-,23+,24+/m1/s1. The summed E-state index contributed by atoms with van der Waals surface area (Å²) in [7, 11) is 0. The quantitative estimate of drug-likeness (QED) is 0.524. The van der Waals surface area contributed by atoms with Crippen molar-refractivity contribution in [3.63, 3.8) is 0 Å². The molecule has 4 rings (SSSR count). The van der Waals surface area contributed by atoms with E-state index in [0.717, 1.165) is 12.0 Å². The molecule has 2 nitrogen and oxygen atoms in total. The third kappa shape index (κ3) is 4.02. The van der Waals surface area contributed by atoms with E-state index in [1.165, 1.54) is 41.2 Å². The highest BCUT2D eigenvalue weighted by molar-refractivity contribution is 5.94. The van der Waals surface area contributed by atoms with Crippen LogP contribution in [0.25, 0.3) is 10.8 Å². The zero-order chi connectivity index (χ0) is 19.5. The van der Waals surface area contributed by atoms with Crippen molar-refractivity contribution in [2.45, 2.75) is 57.5 Å². The average Bonchev–Trinajstić information content (AvgIpc) is 2.73. The summed E-state index contributed by atoms with van der Waals surface area (Å²) in [6, 6.07) is 24.4. The molecule has 3 aromatic rings. The minimum atomic E-state index is 0.138. The maximum atomic E-state index is 11.5. The van der Waals surface area contributed by atoms with Crippen LogP contribution in [0.3, 0.4) is 0 Å². The lowest BCUT2D eigenvalue weighted by molar-refractivity contribution is 0.101. The van der Waals surface area contributed by atoms with Gasteiger partial charge in [0.1, 0.15) is 0 Å². The molecule has 1 saturated carbocycles. The predicted octanol–water partition coefficient (Wildman–Crippen LogP) is 6.42. The van der Waals surface area contributed by atoms with Gasteiger partial charge in [-0.3, -0.25) is 4.79 Å². The summed E-state index contributed by atoms with van der Waals surface area (Å²) in [5.41, 5.74) is 3.55. The van der Waals surface area contributed by atoms with Crippen molar-refractivity contribution in [1.29, 1.82) is 0 Å². The fraction of sp³-hybridized carbons (Fsp3) is 0.346. The van der Waals surface area contributed by atoms with Crippen molar-refractivity contribution >= 4 is 16.6 Å². The Hall–Kier alpha value is -2.45. The van der Waals surface area contributed by atoms with E-state index < -0.39 is 0 Å². The van der Waals surface area contributed by atoms with Crippen molar-refractivity contribution in [3.8, 4) is 0 Å². The smallest absolute Gasteiger partial charge is 0.159 e. The molecule has 1 fully saturated rings. The summed E-state index contributed by atoms with van der Waals surface area (Å²) in [6.07, 6.45) is 4.88. The van der Waals surface area contributed by atoms with E-state index in [1.54, 1.807) is 6.92 Å². The van der Waals surface area contributed by atoms with Gasteiger partial charge in [-0.2, -0.15) is 0 Å². The molecule has 0 amide bonds. The first kappa shape index (κ1) is 18.9. The van der Waals surface area contributed by atoms with Crippen molar-refractivity contribution in [1.82, 2.24) is 5.32 Å². The van der Waals surface area contributed by atoms with Gasteiger partial charge in [-0.15, -0.1) is 0 Å². The van der Waals surface area contributed by atoms with E-state index in [0.29, 0.717) is 18.0 Å². The molecule has 0 spiro atoms. The van der Waals surface area contributed by atoms with Gasteiger partial charge in [0.2, 0.25) is 0 Å². The molecular weight excluding hydrogens is 342 g/mol. The summed E-state index contributed by atoms with van der Waals surface area (Å²) >= 11 is 0. The molecule has 0 unspecified atom stereocenters. The molecule has 1 N–H and O–H groups in total. The first-order valence-electron chi connectivity index (χ1n) is 10.5. The first-order chi connectivity index (χ1) is 13.6. The van der Waals surface area contributed by atoms with Gasteiger partial charge in [0, 0.05) is 17.6 Å². The highest BCUT2D eigenvalue weighted by atomic mass is 16.1. The number of carbonyl (C=O) groups is 1. The molecule has 1 aliphatic rings. The Labute approximate surface area is 168 Å². The normalized spacial score (nSPS) is 20.8. The van der Waals surface area contributed by atoms with E-state index >= 15 is 0 Å². The number of rotatable bonds is 5. The van der Waals surface area contributed by atoms with E-state index in [4.69, 9.17) is 0 Å². The zero-order valence-corrected chi connectivity index (χ0v) is 16.8. The maximum Gasteiger partial charge on any atom is 0.159 e. The second kappa shape index (κ2) is 8.28. The number of hydrogen-bond donors (Lipinski definition) is 1. The van der Waals surface area contributed by atoms with Crippen LogP contribution in [0.1, 0.15) is 73.0 Å². The van der Waals surface area contributed by atoms with E-state index in [-0.39, 0.29) is 5.78 Å². The Bertz CT molecular complexity index is 954. The van der Waals surface area contributed by atoms with Crippen LogP contribution in [-0.2, 0) is 0 Å². The van der Waals surface area contributed by atoms with Gasteiger partial charge in [-0.05, 0) is 60.9 Å². The van der Waals surface area contributed by atoms with Crippen molar-refractivity contribution in [2.24, 2.45) is 0 Å². The molecule has 0 aliphatic heterocycles. The molecule has 0 heterocycles. The Morgan fingerprint density at radius 1 is 0.964 bits per heavy atom. The van der Waals surface area contributed by atoms with Crippen molar-refractivity contribution in [2.75, 3.05) is 0 Å². The van der Waals surface area contributed by atoms with Crippen LogP contribution in [0.2, 0.25) is 0 Å². The Kier molecular flexibility index (Phi) is 5.59. The Morgan fingerprint density at radius 2 is 1.71 bits per heavy atom. The lowest BCUT2D eigenvalue weighted by Gasteiger charge is -2.32. The van der Waals surface area contributed by atoms with Crippen LogP contribution < -0.4 is 5.32 Å². The second-order valence-corrected chi connectivity index (χ2v) is 8.20. The molecule has 144 valence electrons. The number of carbonyl (C=O) groups excluding carboxylic acids is 1. The molecule has 2 heteroatoms. The Balaban J connectivity index is 1.46. The molecular formula is C26H29NO. The highest BCUT2D eigenvalue weighted by Gasteiger charge is 2.25. The highest BCUT2D eigenvalue weighted by Crippen LogP contribution is 2.34. The van der Waals surface area contributed by atoms with Gasteiger partial charge in [0.25, 0.3) is 0 Å². The molecule has 0 saturated heterocycles. The number of hydrogen-bond acceptors (Lipinski definition) is 2. The van der Waals surface area contributed by atoms with Crippen LogP contribution in [0.5, 0.6) is 0 Å². The van der Waals surface area contributed by atoms with E-state index in [9.17, 15) is 4.79 Å². The van der Waals surface area contributed by atoms with E-state index in [2.05, 4.69) is 66.8 Å². The third-order valence-electron chi connectivity index (χ3n) is 6.24. The van der Waals surface area contributed by atoms with Gasteiger partial charge in [0.05, 0.1) is 0 Å². The number of benzene rings is 3. The van der Waals surface area contributed by atoms with Crippen LogP contribution >= 0.6 is 0 Å². The fourth-order valence-corrected chi connectivity index (χ4v) is 4.71. The second-order valence-electron chi connectivity index (χ2n) is 8.20. The lowest BCUT2D eigenvalue weighted by atomic mass is 9.80. The van der Waals surface area contributed by atoms with Crippen molar-refractivity contribution < 1.29 is 4.79 Å². The van der Waals surface area contributed by atoms with E-state index in [1.807, 2.05) is 12.1 Å². The number of nitrogens with one attached hydrogen (secondary N) is 1. The first-order valence-corrected chi connectivity index (χ1v) is 10.5. The number of fused-ring (bicyclic) bond motifs is 1. The SMILES string of the molecule is CC(=O)c1ccc([C@H]2CCC[C@H](N[C@H](C)c3cccc4ccccc34)C2)cc1. The average molecular weight is 372 g/mol. The van der Waals surface area contributed by atoms with Crippen LogP contribution in [0.15, 0.2) is 66.7 Å². The van der Waals surface area contributed by atoms with Gasteiger partial charge in [-0.25, -0.2) is 0 Å². The molecule has 0 radical (unpaired) electrons. The maximum absolute atomic E-state index is 11.5. The number of Topliss-reactive ketones (excluding diaryl/α,β-unsaturated/α-hetero) is 1. The minimum Gasteiger partial charge on any atom is -0.307 e. The summed E-state index contributed by atoms with van der Waals surface area (Å²) in [5.74, 6) is 0.714. The molecule has 0 aromatic heterocycles. The van der Waals surface area contributed by atoms with Crippen LogP contribution in [0.4, 0.5) is 0 Å². The molecule has 28 heavy (non-hydrogen) atoms. The third-order valence-corrected chi connectivity index (χ3v) is 6.24. The minimum absolute atomic E-state index is 0.138. The van der Waals surface area contributed by atoms with Crippen LogP contribution in [-0.4, -0.2) is 11.8 Å². The molecule has 0 bridgehead atoms. The molecule has 3 atom stereocenters. The molecule has 3 aromatic carbocycles. The largest absolute Gasteiger partial charge is 0.307 e. The Morgan fingerprint density at radius 3 is 2.50 bits per heavy atom. The predicted molar refractivity (Wildman–Crippen MR) is 117 cm³/mol. The summed E-state index contributed by atoms with van der Waals surface area (Å²) < 4.78 is 0. The molecule has 1 aliphatic carbocycles. The van der Waals surface area contributed by atoms with Crippen LogP contribution in [0, 0.1) is 0 Å². The zero-order valence-electron chi connectivity index (χ0n) is 16.8. The van der Waals surface area contributed by atoms with Gasteiger partial charge in [0.15, 0.2) is 5.78 Å². The summed E-state index contributed by atoms with van der Waals surface area (Å²) in [4.78, 5) is 11.5. The topological polar surface area (TPSA) is 29.1 Å². The summed E-state index contributed by atoms with van der Waals surface area (Å²) in [6.45, 7) is 3.91. The van der Waals surface area contributed by atoms with Gasteiger partial charge in [-0.1, -0.05) is 73.2 Å².